The molecule has 0 bridgehead atoms. The molecule has 6 heteroatoms. The number of hydrazine groups is 1. The number of rotatable bonds is 7. The molecule has 4 nitrogen and oxygen atoms in total. The Hall–Kier alpha value is -2.70. The molecule has 134 valence electrons. The van der Waals surface area contributed by atoms with E-state index in [9.17, 15) is 9.18 Å². The van der Waals surface area contributed by atoms with Crippen LogP contribution in [0.4, 0.5) is 4.39 Å². The highest BCUT2D eigenvalue weighted by molar-refractivity contribution is 7.97. The lowest BCUT2D eigenvalue weighted by molar-refractivity contribution is 0.0947. The van der Waals surface area contributed by atoms with Gasteiger partial charge in [0.25, 0.3) is 5.91 Å². The predicted octanol–water partition coefficient (Wildman–Crippen LogP) is 4.69. The minimum absolute atomic E-state index is 0.330. The fourth-order valence-electron chi connectivity index (χ4n) is 2.10. The maximum Gasteiger partial charge on any atom is 0.266 e. The van der Waals surface area contributed by atoms with E-state index >= 15 is 0 Å². The van der Waals surface area contributed by atoms with Crippen molar-refractivity contribution in [2.45, 2.75) is 18.7 Å². The average molecular weight is 369 g/mol. The number of aryl methyl sites for hydroxylation is 1. The Morgan fingerprint density at radius 2 is 1.96 bits per heavy atom. The monoisotopic (exact) mass is 369 g/mol. The Labute approximate surface area is 157 Å². The van der Waals surface area contributed by atoms with E-state index in [-0.39, 0.29) is 11.7 Å². The Morgan fingerprint density at radius 1 is 1.23 bits per heavy atom. The first-order chi connectivity index (χ1) is 12.5. The molecule has 0 heterocycles. The van der Waals surface area contributed by atoms with Gasteiger partial charge in [-0.3, -0.25) is 15.2 Å². The maximum atomic E-state index is 13.6. The van der Waals surface area contributed by atoms with Gasteiger partial charge in [0.2, 0.25) is 0 Å². The lowest BCUT2D eigenvalue weighted by Gasteiger charge is -2.09. The number of benzene rings is 2. The molecular weight excluding hydrogens is 349 g/mol. The Balaban J connectivity index is 2.04. The summed E-state index contributed by atoms with van der Waals surface area (Å²) in [5.74, 6) is -0.684. The van der Waals surface area contributed by atoms with Crippen molar-refractivity contribution in [3.8, 4) is 0 Å². The molecular formula is C20H20FN3OS. The minimum Gasteiger partial charge on any atom is -0.277 e. The van der Waals surface area contributed by atoms with Crippen LogP contribution in [-0.2, 0) is 0 Å². The number of halogens is 1. The van der Waals surface area contributed by atoms with Crippen molar-refractivity contribution in [2.75, 3.05) is 0 Å². The molecule has 0 aromatic heterocycles. The lowest BCUT2D eigenvalue weighted by atomic mass is 10.0. The van der Waals surface area contributed by atoms with Gasteiger partial charge in [0, 0.05) is 17.3 Å². The smallest absolute Gasteiger partial charge is 0.266 e. The first-order valence-electron chi connectivity index (χ1n) is 7.94. The summed E-state index contributed by atoms with van der Waals surface area (Å²) in [6.45, 7) is 7.72. The fraction of sp³-hybridized carbons (Fsp3) is 0.100. The maximum absolute atomic E-state index is 13.6. The van der Waals surface area contributed by atoms with E-state index in [2.05, 4.69) is 21.8 Å². The number of aliphatic imine (C=N–C) groups is 1. The summed E-state index contributed by atoms with van der Waals surface area (Å²) < 4.78 is 13.6. The summed E-state index contributed by atoms with van der Waals surface area (Å²) in [6.07, 6.45) is 5.32. The molecule has 0 spiro atoms. The van der Waals surface area contributed by atoms with E-state index in [0.29, 0.717) is 16.2 Å². The molecule has 0 aliphatic heterocycles. The first kappa shape index (κ1) is 19.6. The van der Waals surface area contributed by atoms with Crippen LogP contribution in [-0.4, -0.2) is 12.1 Å². The van der Waals surface area contributed by atoms with Crippen molar-refractivity contribution in [3.63, 3.8) is 0 Å². The molecule has 26 heavy (non-hydrogen) atoms. The highest BCUT2D eigenvalue weighted by Crippen LogP contribution is 2.19. The van der Waals surface area contributed by atoms with Crippen LogP contribution in [0.3, 0.4) is 0 Å². The number of hydrogen-bond donors (Lipinski definition) is 2. The standard InChI is InChI=1S/C20H20FN3OS/c1-4-5-10-22-15(3)16-11-14(2)12-17(13-16)20(25)23-24-26-19-9-7-6-8-18(19)21/h4-13,24H,3H2,1-2H3,(H,23,25)/b5-4-,22-10-. The van der Waals surface area contributed by atoms with Gasteiger partial charge in [-0.15, -0.1) is 0 Å². The van der Waals surface area contributed by atoms with E-state index in [4.69, 9.17) is 0 Å². The molecule has 0 aliphatic rings. The van der Waals surface area contributed by atoms with Crippen LogP contribution in [0.2, 0.25) is 0 Å². The molecule has 0 atom stereocenters. The molecule has 0 fully saturated rings. The average Bonchev–Trinajstić information content (AvgIpc) is 2.62. The number of allylic oxidation sites excluding steroid dienone is 2. The van der Waals surface area contributed by atoms with Crippen molar-refractivity contribution in [3.05, 3.63) is 83.7 Å². The van der Waals surface area contributed by atoms with Gasteiger partial charge in [-0.1, -0.05) is 24.8 Å². The Morgan fingerprint density at radius 3 is 2.69 bits per heavy atom. The zero-order valence-corrected chi connectivity index (χ0v) is 15.4. The third-order valence-electron chi connectivity index (χ3n) is 3.34. The number of nitrogens with zero attached hydrogens (tertiary/aromatic N) is 1. The van der Waals surface area contributed by atoms with Gasteiger partial charge in [0.1, 0.15) is 5.82 Å². The van der Waals surface area contributed by atoms with Crippen molar-refractivity contribution in [1.82, 2.24) is 10.3 Å². The fourth-order valence-corrected chi connectivity index (χ4v) is 2.67. The van der Waals surface area contributed by atoms with E-state index in [1.807, 2.05) is 26.0 Å². The zero-order valence-electron chi connectivity index (χ0n) is 14.6. The lowest BCUT2D eigenvalue weighted by Crippen LogP contribution is -2.32. The van der Waals surface area contributed by atoms with Crippen molar-refractivity contribution >= 4 is 29.8 Å². The van der Waals surface area contributed by atoms with E-state index in [0.717, 1.165) is 23.1 Å². The second-order valence-corrected chi connectivity index (χ2v) is 6.28. The van der Waals surface area contributed by atoms with Gasteiger partial charge in [-0.2, -0.15) is 4.83 Å². The van der Waals surface area contributed by atoms with Gasteiger partial charge in [0.15, 0.2) is 0 Å². The number of nitrogens with one attached hydrogen (secondary N) is 2. The quantitative estimate of drug-likeness (QED) is 0.423. The Bertz CT molecular complexity index is 862. The molecule has 2 aromatic carbocycles. The summed E-state index contributed by atoms with van der Waals surface area (Å²) in [4.78, 5) is 19.6. The number of hydrogen-bond acceptors (Lipinski definition) is 4. The molecule has 1 amide bonds. The highest BCUT2D eigenvalue weighted by Gasteiger charge is 2.09. The molecule has 0 saturated carbocycles. The predicted molar refractivity (Wildman–Crippen MR) is 106 cm³/mol. The van der Waals surface area contributed by atoms with Crippen LogP contribution in [0.5, 0.6) is 0 Å². The van der Waals surface area contributed by atoms with Crippen LogP contribution >= 0.6 is 11.9 Å². The SMILES string of the molecule is C=C(/N=C\C=C/C)c1cc(C)cc(C(=O)NNSc2ccccc2F)c1. The van der Waals surface area contributed by atoms with E-state index in [1.54, 1.807) is 42.6 Å². The highest BCUT2D eigenvalue weighted by atomic mass is 32.2. The summed E-state index contributed by atoms with van der Waals surface area (Å²) >= 11 is 0.993. The summed E-state index contributed by atoms with van der Waals surface area (Å²) in [5.41, 5.74) is 5.25. The van der Waals surface area contributed by atoms with E-state index in [1.165, 1.54) is 6.07 Å². The van der Waals surface area contributed by atoms with Gasteiger partial charge < -0.3 is 0 Å². The number of carbonyl (C=O) groups excluding carboxylic acids is 1. The second-order valence-electron chi connectivity index (χ2n) is 5.43. The third kappa shape index (κ3) is 5.68. The van der Waals surface area contributed by atoms with Crippen LogP contribution in [0.15, 0.2) is 71.1 Å². The topological polar surface area (TPSA) is 53.5 Å². The van der Waals surface area contributed by atoms with Crippen molar-refractivity contribution in [1.29, 1.82) is 0 Å². The number of amides is 1. The summed E-state index contributed by atoms with van der Waals surface area (Å²) in [7, 11) is 0. The minimum atomic E-state index is -0.354. The van der Waals surface area contributed by atoms with Gasteiger partial charge in [0.05, 0.1) is 10.6 Å². The van der Waals surface area contributed by atoms with Crippen molar-refractivity contribution < 1.29 is 9.18 Å². The largest absolute Gasteiger partial charge is 0.277 e. The summed E-state index contributed by atoms with van der Waals surface area (Å²) in [6, 6.07) is 11.7. The van der Waals surface area contributed by atoms with Crippen LogP contribution < -0.4 is 10.3 Å². The van der Waals surface area contributed by atoms with Crippen molar-refractivity contribution in [2.24, 2.45) is 4.99 Å². The van der Waals surface area contributed by atoms with Gasteiger partial charge in [-0.05, 0) is 67.8 Å². The normalized spacial score (nSPS) is 11.2. The van der Waals surface area contributed by atoms with Crippen LogP contribution in [0.1, 0.15) is 28.4 Å². The third-order valence-corrected chi connectivity index (χ3v) is 4.10. The van der Waals surface area contributed by atoms with E-state index < -0.39 is 0 Å². The molecule has 0 unspecified atom stereocenters. The van der Waals surface area contributed by atoms with Crippen LogP contribution in [0.25, 0.3) is 5.70 Å². The summed E-state index contributed by atoms with van der Waals surface area (Å²) in [5, 5.41) is 0. The number of carbonyl (C=O) groups is 1. The molecule has 2 rings (SSSR count). The Kier molecular flexibility index (Phi) is 7.32. The van der Waals surface area contributed by atoms with Gasteiger partial charge in [-0.25, -0.2) is 4.39 Å². The van der Waals surface area contributed by atoms with Crippen LogP contribution in [0, 0.1) is 12.7 Å². The zero-order chi connectivity index (χ0) is 18.9. The molecule has 0 aliphatic carbocycles. The second kappa shape index (κ2) is 9.70. The van der Waals surface area contributed by atoms with Gasteiger partial charge >= 0.3 is 0 Å². The molecule has 2 N–H and O–H groups in total. The molecule has 0 radical (unpaired) electrons. The molecule has 2 aromatic rings. The first-order valence-corrected chi connectivity index (χ1v) is 8.76. The molecule has 0 saturated heterocycles.